The van der Waals surface area contributed by atoms with Crippen LogP contribution in [0, 0.1) is 13.8 Å². The normalized spacial score (nSPS) is 17.4. The number of hydrogen-bond donors (Lipinski definition) is 0. The van der Waals surface area contributed by atoms with E-state index in [1.54, 1.807) is 6.33 Å². The van der Waals surface area contributed by atoms with Crippen molar-refractivity contribution in [3.8, 4) is 16.9 Å². The molecule has 0 fully saturated rings. The molecule has 1 atom stereocenters. The Morgan fingerprint density at radius 3 is 2.69 bits per heavy atom. The van der Waals surface area contributed by atoms with Crippen LogP contribution in [0.3, 0.4) is 0 Å². The Morgan fingerprint density at radius 2 is 1.96 bits per heavy atom. The number of benzene rings is 1. The van der Waals surface area contributed by atoms with Crippen molar-refractivity contribution in [1.29, 1.82) is 0 Å². The summed E-state index contributed by atoms with van der Waals surface area (Å²) in [6.45, 7) is 8.41. The molecule has 6 heteroatoms. The molecule has 134 valence electrons. The summed E-state index contributed by atoms with van der Waals surface area (Å²) in [7, 11) is 0. The van der Waals surface area contributed by atoms with Crippen LogP contribution in [0.2, 0.25) is 0 Å². The van der Waals surface area contributed by atoms with Gasteiger partial charge in [0.05, 0.1) is 5.69 Å². The zero-order chi connectivity index (χ0) is 18.1. The third-order valence-corrected chi connectivity index (χ3v) is 4.97. The van der Waals surface area contributed by atoms with Crippen LogP contribution in [0.5, 0.6) is 5.75 Å². The SMILES string of the molecule is Cc1noc(C)c1CN1Cc2cc(-c3cncnc3)ccc2OC[C@@H]1C. The lowest BCUT2D eigenvalue weighted by Crippen LogP contribution is -2.34. The lowest BCUT2D eigenvalue weighted by molar-refractivity contribution is 0.150. The van der Waals surface area contributed by atoms with Crippen molar-refractivity contribution in [2.75, 3.05) is 6.61 Å². The van der Waals surface area contributed by atoms with Crippen molar-refractivity contribution < 1.29 is 9.26 Å². The molecule has 0 unspecified atom stereocenters. The van der Waals surface area contributed by atoms with Gasteiger partial charge < -0.3 is 9.26 Å². The average molecular weight is 350 g/mol. The molecule has 6 nitrogen and oxygen atoms in total. The molecule has 3 aromatic rings. The van der Waals surface area contributed by atoms with E-state index < -0.39 is 0 Å². The van der Waals surface area contributed by atoms with E-state index in [-0.39, 0.29) is 0 Å². The molecule has 0 N–H and O–H groups in total. The van der Waals surface area contributed by atoms with E-state index in [1.165, 1.54) is 5.56 Å². The maximum atomic E-state index is 6.05. The van der Waals surface area contributed by atoms with Crippen LogP contribution in [-0.2, 0) is 13.1 Å². The van der Waals surface area contributed by atoms with Crippen molar-refractivity contribution in [2.45, 2.75) is 39.9 Å². The molecule has 0 spiro atoms. The van der Waals surface area contributed by atoms with Gasteiger partial charge in [-0.1, -0.05) is 11.2 Å². The van der Waals surface area contributed by atoms with Gasteiger partial charge in [-0.05, 0) is 38.5 Å². The first kappa shape index (κ1) is 16.7. The topological polar surface area (TPSA) is 64.3 Å². The molecule has 0 radical (unpaired) electrons. The molecular weight excluding hydrogens is 328 g/mol. The van der Waals surface area contributed by atoms with Crippen LogP contribution >= 0.6 is 0 Å². The highest BCUT2D eigenvalue weighted by Crippen LogP contribution is 2.31. The summed E-state index contributed by atoms with van der Waals surface area (Å²) < 4.78 is 11.4. The zero-order valence-electron chi connectivity index (χ0n) is 15.3. The highest BCUT2D eigenvalue weighted by Gasteiger charge is 2.24. The molecule has 1 aliphatic rings. The van der Waals surface area contributed by atoms with Crippen LogP contribution in [0.25, 0.3) is 11.1 Å². The highest BCUT2D eigenvalue weighted by molar-refractivity contribution is 5.64. The lowest BCUT2D eigenvalue weighted by Gasteiger charge is -2.25. The number of fused-ring (bicyclic) bond motifs is 1. The standard InChI is InChI=1S/C20H22N4O2/c1-13-11-25-20-5-4-16(18-7-21-12-22-8-18)6-17(20)9-24(13)10-19-14(2)23-26-15(19)3/h4-8,12-13H,9-11H2,1-3H3/t13-/m0/s1. The van der Waals surface area contributed by atoms with Gasteiger partial charge in [0.25, 0.3) is 0 Å². The monoisotopic (exact) mass is 350 g/mol. The highest BCUT2D eigenvalue weighted by atomic mass is 16.5. The first-order chi connectivity index (χ1) is 12.6. The van der Waals surface area contributed by atoms with Crippen LogP contribution in [-0.4, -0.2) is 32.7 Å². The molecule has 1 aliphatic heterocycles. The Labute approximate surface area is 152 Å². The third-order valence-electron chi connectivity index (χ3n) is 4.97. The fourth-order valence-electron chi connectivity index (χ4n) is 3.30. The fraction of sp³-hybridized carbons (Fsp3) is 0.350. The molecule has 0 saturated heterocycles. The van der Waals surface area contributed by atoms with Gasteiger partial charge in [0.1, 0.15) is 24.4 Å². The minimum Gasteiger partial charge on any atom is -0.492 e. The van der Waals surface area contributed by atoms with Crippen LogP contribution in [0.1, 0.15) is 29.5 Å². The molecule has 1 aromatic carbocycles. The summed E-state index contributed by atoms with van der Waals surface area (Å²) in [5.74, 6) is 1.83. The predicted octanol–water partition coefficient (Wildman–Crippen LogP) is 3.53. The number of aryl methyl sites for hydroxylation is 2. The van der Waals surface area contributed by atoms with Crippen molar-refractivity contribution in [1.82, 2.24) is 20.0 Å². The molecule has 2 aromatic heterocycles. The first-order valence-electron chi connectivity index (χ1n) is 8.78. The van der Waals surface area contributed by atoms with Gasteiger partial charge in [0.15, 0.2) is 0 Å². The Bertz CT molecular complexity index is 888. The van der Waals surface area contributed by atoms with E-state index in [0.717, 1.165) is 47.0 Å². The smallest absolute Gasteiger partial charge is 0.138 e. The largest absolute Gasteiger partial charge is 0.492 e. The third kappa shape index (κ3) is 3.20. The molecule has 0 bridgehead atoms. The van der Waals surface area contributed by atoms with E-state index in [9.17, 15) is 0 Å². The van der Waals surface area contributed by atoms with Crippen molar-refractivity contribution in [3.05, 3.63) is 59.5 Å². The summed E-state index contributed by atoms with van der Waals surface area (Å²) in [6.07, 6.45) is 5.20. The molecule has 4 rings (SSSR count). The summed E-state index contributed by atoms with van der Waals surface area (Å²) in [5, 5.41) is 4.08. The van der Waals surface area contributed by atoms with Crippen molar-refractivity contribution in [3.63, 3.8) is 0 Å². The van der Waals surface area contributed by atoms with Crippen molar-refractivity contribution >= 4 is 0 Å². The van der Waals surface area contributed by atoms with Gasteiger partial charge in [0, 0.05) is 48.2 Å². The number of aromatic nitrogens is 3. The van der Waals surface area contributed by atoms with Gasteiger partial charge in [-0.15, -0.1) is 0 Å². The van der Waals surface area contributed by atoms with Crippen molar-refractivity contribution in [2.24, 2.45) is 0 Å². The second-order valence-corrected chi connectivity index (χ2v) is 6.82. The molecule has 0 aliphatic carbocycles. The van der Waals surface area contributed by atoms with E-state index in [4.69, 9.17) is 9.26 Å². The second-order valence-electron chi connectivity index (χ2n) is 6.82. The fourth-order valence-corrected chi connectivity index (χ4v) is 3.30. The number of rotatable bonds is 3. The van der Waals surface area contributed by atoms with E-state index >= 15 is 0 Å². The predicted molar refractivity (Wildman–Crippen MR) is 97.6 cm³/mol. The van der Waals surface area contributed by atoms with E-state index in [1.807, 2.05) is 32.3 Å². The molecule has 26 heavy (non-hydrogen) atoms. The average Bonchev–Trinajstić information content (AvgIpc) is 2.89. The Hall–Kier alpha value is -2.73. The second kappa shape index (κ2) is 6.88. The van der Waals surface area contributed by atoms with Crippen LogP contribution < -0.4 is 4.74 Å². The minimum absolute atomic E-state index is 0.291. The molecular formula is C20H22N4O2. The maximum Gasteiger partial charge on any atom is 0.138 e. The quantitative estimate of drug-likeness (QED) is 0.720. The maximum absolute atomic E-state index is 6.05. The van der Waals surface area contributed by atoms with Crippen LogP contribution in [0.4, 0.5) is 0 Å². The summed E-state index contributed by atoms with van der Waals surface area (Å²) in [6, 6.07) is 6.57. The lowest BCUT2D eigenvalue weighted by atomic mass is 10.0. The Kier molecular flexibility index (Phi) is 4.42. The number of nitrogens with zero attached hydrogens (tertiary/aromatic N) is 4. The van der Waals surface area contributed by atoms with Gasteiger partial charge in [-0.3, -0.25) is 4.90 Å². The molecule has 0 amide bonds. The summed E-state index contributed by atoms with van der Waals surface area (Å²) >= 11 is 0. The minimum atomic E-state index is 0.291. The Balaban J connectivity index is 1.64. The summed E-state index contributed by atoms with van der Waals surface area (Å²) in [5.41, 5.74) is 5.38. The van der Waals surface area contributed by atoms with E-state index in [0.29, 0.717) is 12.6 Å². The van der Waals surface area contributed by atoms with Crippen LogP contribution in [0.15, 0.2) is 41.4 Å². The summed E-state index contributed by atoms with van der Waals surface area (Å²) in [4.78, 5) is 10.6. The van der Waals surface area contributed by atoms with E-state index in [2.05, 4.69) is 39.1 Å². The molecule has 0 saturated carbocycles. The first-order valence-corrected chi connectivity index (χ1v) is 8.78. The van der Waals surface area contributed by atoms with Gasteiger partial charge in [0.2, 0.25) is 0 Å². The zero-order valence-corrected chi connectivity index (χ0v) is 15.3. The number of hydrogen-bond acceptors (Lipinski definition) is 6. The van der Waals surface area contributed by atoms with Gasteiger partial charge in [-0.2, -0.15) is 0 Å². The molecule has 3 heterocycles. The number of ether oxygens (including phenoxy) is 1. The Morgan fingerprint density at radius 1 is 1.15 bits per heavy atom. The van der Waals surface area contributed by atoms with Gasteiger partial charge >= 0.3 is 0 Å². The van der Waals surface area contributed by atoms with Gasteiger partial charge in [-0.25, -0.2) is 9.97 Å².